The standard InChI is InChI=1S/C15H27N5S/c1-13-12-19-14(21-13)6-7-17-15(16-2)18-8-11-20-9-4-3-5-10-20/h12H,3-11H2,1-2H3,(H2,16,17,18). The fraction of sp³-hybridized carbons (Fsp3) is 0.733. The first-order chi connectivity index (χ1) is 10.3. The van der Waals surface area contributed by atoms with Crippen LogP contribution in [0.4, 0.5) is 0 Å². The molecule has 1 saturated heterocycles. The maximum atomic E-state index is 4.37. The zero-order chi connectivity index (χ0) is 14.9. The van der Waals surface area contributed by atoms with Crippen LogP contribution in [0.25, 0.3) is 0 Å². The zero-order valence-corrected chi connectivity index (χ0v) is 14.0. The number of nitrogens with one attached hydrogen (secondary N) is 2. The predicted octanol–water partition coefficient (Wildman–Crippen LogP) is 1.64. The van der Waals surface area contributed by atoms with Crippen LogP contribution in [-0.4, -0.2) is 55.6 Å². The highest BCUT2D eigenvalue weighted by Crippen LogP contribution is 2.10. The van der Waals surface area contributed by atoms with Crippen LogP contribution in [0.2, 0.25) is 0 Å². The second-order valence-corrected chi connectivity index (χ2v) is 6.76. The maximum Gasteiger partial charge on any atom is 0.191 e. The monoisotopic (exact) mass is 309 g/mol. The van der Waals surface area contributed by atoms with Gasteiger partial charge in [-0.05, 0) is 32.9 Å². The molecule has 2 heterocycles. The lowest BCUT2D eigenvalue weighted by atomic mass is 10.1. The molecule has 118 valence electrons. The fourth-order valence-electron chi connectivity index (χ4n) is 2.54. The van der Waals surface area contributed by atoms with Crippen LogP contribution < -0.4 is 10.6 Å². The molecule has 0 bridgehead atoms. The molecule has 0 aromatic carbocycles. The number of aromatic nitrogens is 1. The lowest BCUT2D eigenvalue weighted by Gasteiger charge is -2.26. The third-order valence-electron chi connectivity index (χ3n) is 3.69. The summed E-state index contributed by atoms with van der Waals surface area (Å²) in [4.78, 5) is 12.4. The Kier molecular flexibility index (Phi) is 6.95. The van der Waals surface area contributed by atoms with Crippen molar-refractivity contribution in [2.45, 2.75) is 32.6 Å². The molecule has 1 aliphatic heterocycles. The van der Waals surface area contributed by atoms with E-state index in [4.69, 9.17) is 0 Å². The molecule has 0 atom stereocenters. The summed E-state index contributed by atoms with van der Waals surface area (Å²) in [6.45, 7) is 7.52. The number of aliphatic imine (C=N–C) groups is 1. The number of likely N-dealkylation sites (tertiary alicyclic amines) is 1. The van der Waals surface area contributed by atoms with E-state index in [0.717, 1.165) is 32.0 Å². The van der Waals surface area contributed by atoms with Crippen LogP contribution in [-0.2, 0) is 6.42 Å². The van der Waals surface area contributed by atoms with Crippen LogP contribution in [0.3, 0.4) is 0 Å². The summed E-state index contributed by atoms with van der Waals surface area (Å²) < 4.78 is 0. The number of aryl methyl sites for hydroxylation is 1. The number of rotatable bonds is 6. The van der Waals surface area contributed by atoms with Gasteiger partial charge in [-0.3, -0.25) is 4.99 Å². The average molecular weight is 309 g/mol. The third-order valence-corrected chi connectivity index (χ3v) is 4.67. The molecule has 0 spiro atoms. The van der Waals surface area contributed by atoms with Gasteiger partial charge in [0.25, 0.3) is 0 Å². The second kappa shape index (κ2) is 9.00. The summed E-state index contributed by atoms with van der Waals surface area (Å²) in [7, 11) is 1.82. The van der Waals surface area contributed by atoms with E-state index in [-0.39, 0.29) is 0 Å². The Morgan fingerprint density at radius 3 is 2.71 bits per heavy atom. The summed E-state index contributed by atoms with van der Waals surface area (Å²) in [6.07, 6.45) is 6.97. The molecule has 2 N–H and O–H groups in total. The number of nitrogens with zero attached hydrogens (tertiary/aromatic N) is 3. The van der Waals surface area contributed by atoms with Crippen molar-refractivity contribution in [3.63, 3.8) is 0 Å². The van der Waals surface area contributed by atoms with Crippen LogP contribution in [0.1, 0.15) is 29.1 Å². The molecule has 1 fully saturated rings. The normalized spacial score (nSPS) is 17.0. The number of hydrogen-bond acceptors (Lipinski definition) is 4. The number of piperidine rings is 1. The first-order valence-corrected chi connectivity index (χ1v) is 8.68. The predicted molar refractivity (Wildman–Crippen MR) is 90.2 cm³/mol. The van der Waals surface area contributed by atoms with Gasteiger partial charge in [0, 0.05) is 44.2 Å². The zero-order valence-electron chi connectivity index (χ0n) is 13.2. The molecule has 0 aliphatic carbocycles. The van der Waals surface area contributed by atoms with Crippen molar-refractivity contribution >= 4 is 17.3 Å². The van der Waals surface area contributed by atoms with Crippen molar-refractivity contribution in [3.05, 3.63) is 16.1 Å². The smallest absolute Gasteiger partial charge is 0.191 e. The minimum Gasteiger partial charge on any atom is -0.356 e. The second-order valence-electron chi connectivity index (χ2n) is 5.44. The van der Waals surface area contributed by atoms with Gasteiger partial charge in [0.2, 0.25) is 0 Å². The Morgan fingerprint density at radius 2 is 2.05 bits per heavy atom. The number of guanidine groups is 1. The van der Waals surface area contributed by atoms with Gasteiger partial charge in [-0.25, -0.2) is 4.98 Å². The highest BCUT2D eigenvalue weighted by molar-refractivity contribution is 7.11. The van der Waals surface area contributed by atoms with Gasteiger partial charge >= 0.3 is 0 Å². The third kappa shape index (κ3) is 6.01. The van der Waals surface area contributed by atoms with E-state index in [2.05, 4.69) is 32.4 Å². The molecule has 1 aliphatic rings. The summed E-state index contributed by atoms with van der Waals surface area (Å²) in [5.41, 5.74) is 0. The van der Waals surface area contributed by atoms with Gasteiger partial charge in [0.05, 0.1) is 5.01 Å². The van der Waals surface area contributed by atoms with Gasteiger partial charge in [0.1, 0.15) is 0 Å². The molecule has 0 unspecified atom stereocenters. The summed E-state index contributed by atoms with van der Waals surface area (Å²) in [5.74, 6) is 0.889. The molecule has 0 radical (unpaired) electrons. The maximum absolute atomic E-state index is 4.37. The van der Waals surface area contributed by atoms with E-state index in [0.29, 0.717) is 0 Å². The van der Waals surface area contributed by atoms with E-state index in [1.165, 1.54) is 42.2 Å². The Hall–Kier alpha value is -1.14. The first kappa shape index (κ1) is 16.2. The van der Waals surface area contributed by atoms with E-state index >= 15 is 0 Å². The fourth-order valence-corrected chi connectivity index (χ4v) is 3.33. The van der Waals surface area contributed by atoms with Crippen molar-refractivity contribution in [3.8, 4) is 0 Å². The quantitative estimate of drug-likeness (QED) is 0.620. The summed E-state index contributed by atoms with van der Waals surface area (Å²) >= 11 is 1.77. The largest absolute Gasteiger partial charge is 0.356 e. The minimum atomic E-state index is 0.871. The molecule has 1 aromatic heterocycles. The van der Waals surface area contributed by atoms with Crippen molar-refractivity contribution in [1.82, 2.24) is 20.5 Å². The molecule has 0 saturated carbocycles. The van der Waals surface area contributed by atoms with Crippen LogP contribution in [0.15, 0.2) is 11.2 Å². The SMILES string of the molecule is CN=C(NCCc1ncc(C)s1)NCCN1CCCCC1. The van der Waals surface area contributed by atoms with Crippen LogP contribution >= 0.6 is 11.3 Å². The van der Waals surface area contributed by atoms with Crippen LogP contribution in [0, 0.1) is 6.92 Å². The first-order valence-electron chi connectivity index (χ1n) is 7.86. The number of thiazole rings is 1. The lowest BCUT2D eigenvalue weighted by molar-refractivity contribution is 0.232. The molecule has 21 heavy (non-hydrogen) atoms. The molecular formula is C15H27N5S. The molecule has 0 amide bonds. The van der Waals surface area contributed by atoms with Crippen LogP contribution in [0.5, 0.6) is 0 Å². The number of hydrogen-bond donors (Lipinski definition) is 2. The van der Waals surface area contributed by atoms with E-state index in [9.17, 15) is 0 Å². The molecule has 5 nitrogen and oxygen atoms in total. The van der Waals surface area contributed by atoms with Gasteiger partial charge in [-0.1, -0.05) is 6.42 Å². The van der Waals surface area contributed by atoms with Gasteiger partial charge < -0.3 is 15.5 Å². The van der Waals surface area contributed by atoms with E-state index < -0.39 is 0 Å². The topological polar surface area (TPSA) is 52.6 Å². The minimum absolute atomic E-state index is 0.871. The van der Waals surface area contributed by atoms with Crippen molar-refractivity contribution < 1.29 is 0 Å². The molecule has 6 heteroatoms. The van der Waals surface area contributed by atoms with Crippen molar-refractivity contribution in [2.75, 3.05) is 39.8 Å². The highest BCUT2D eigenvalue weighted by atomic mass is 32.1. The molecule has 2 rings (SSSR count). The average Bonchev–Trinajstić information content (AvgIpc) is 2.92. The molecule has 1 aromatic rings. The molecular weight excluding hydrogens is 282 g/mol. The van der Waals surface area contributed by atoms with E-state index in [1.807, 2.05) is 13.2 Å². The van der Waals surface area contributed by atoms with Gasteiger partial charge in [0.15, 0.2) is 5.96 Å². The Balaban J connectivity index is 1.59. The lowest BCUT2D eigenvalue weighted by Crippen LogP contribution is -2.43. The van der Waals surface area contributed by atoms with Crippen molar-refractivity contribution in [2.24, 2.45) is 4.99 Å². The van der Waals surface area contributed by atoms with E-state index in [1.54, 1.807) is 11.3 Å². The highest BCUT2D eigenvalue weighted by Gasteiger charge is 2.09. The van der Waals surface area contributed by atoms with Gasteiger partial charge in [-0.15, -0.1) is 11.3 Å². The van der Waals surface area contributed by atoms with Gasteiger partial charge in [-0.2, -0.15) is 0 Å². The summed E-state index contributed by atoms with van der Waals surface area (Å²) in [6, 6.07) is 0. The summed E-state index contributed by atoms with van der Waals surface area (Å²) in [5, 5.41) is 7.92. The van der Waals surface area contributed by atoms with Crippen molar-refractivity contribution in [1.29, 1.82) is 0 Å². The Morgan fingerprint density at radius 1 is 1.29 bits per heavy atom. The Labute approximate surface area is 131 Å². The Bertz CT molecular complexity index is 437.